The first-order valence-corrected chi connectivity index (χ1v) is 46.6. The third-order valence-electron chi connectivity index (χ3n) is 25.3. The summed E-state index contributed by atoms with van der Waals surface area (Å²) in [5.74, 6) is 2.26. The highest BCUT2D eigenvalue weighted by Gasteiger charge is 2.23. The molecule has 0 fully saturated rings. The summed E-state index contributed by atoms with van der Waals surface area (Å²) in [5.41, 5.74) is 27.0. The van der Waals surface area contributed by atoms with E-state index in [4.69, 9.17) is 51.7 Å². The molecule has 0 amide bonds. The predicted octanol–water partition coefficient (Wildman–Crippen LogP) is 33.3. The van der Waals surface area contributed by atoms with Crippen molar-refractivity contribution in [2.75, 3.05) is 0 Å². The van der Waals surface area contributed by atoms with Crippen LogP contribution in [0.4, 0.5) is 0 Å². The van der Waals surface area contributed by atoms with Gasteiger partial charge in [0.05, 0.1) is 57.4 Å². The van der Waals surface area contributed by atoms with Gasteiger partial charge < -0.3 is 0 Å². The highest BCUT2D eigenvalue weighted by Crippen LogP contribution is 2.44. The summed E-state index contributed by atoms with van der Waals surface area (Å²) in [4.78, 5) is 49.4. The van der Waals surface area contributed by atoms with E-state index in [9.17, 15) is 0 Å². The van der Waals surface area contributed by atoms with E-state index in [-0.39, 0.29) is 23.5 Å². The second-order valence-corrected chi connectivity index (χ2v) is 34.0. The molecule has 26 aromatic rings. The first kappa shape index (κ1) is 79.6. The van der Waals surface area contributed by atoms with Gasteiger partial charge in [-0.2, -0.15) is 0 Å². The molecule has 20 aromatic carbocycles. The number of aromatic nitrogens is 10. The van der Waals surface area contributed by atoms with Gasteiger partial charge in [-0.1, -0.05) is 449 Å². The minimum atomic E-state index is -0.460. The Hall–Kier alpha value is -18.9. The molecule has 0 atom stereocenters. The lowest BCUT2D eigenvalue weighted by atomic mass is 9.93. The number of benzene rings is 20. The Bertz CT molecular complexity index is 9290. The van der Waals surface area contributed by atoms with E-state index in [1.54, 1.807) is 12.4 Å². The van der Waals surface area contributed by atoms with Crippen LogP contribution in [-0.2, 0) is 0 Å². The average molecular weight is 1790 g/mol. The fourth-order valence-electron chi connectivity index (χ4n) is 18.5. The van der Waals surface area contributed by atoms with Gasteiger partial charge in [0.1, 0.15) is 0 Å². The summed E-state index contributed by atoms with van der Waals surface area (Å²) in [6.45, 7) is 0. The lowest BCUT2D eigenvalue weighted by molar-refractivity contribution is 1.22. The van der Waals surface area contributed by atoms with Crippen LogP contribution in [0.15, 0.2) is 522 Å². The van der Waals surface area contributed by atoms with E-state index in [1.165, 1.54) is 44.0 Å². The molecule has 0 aliphatic carbocycles. The zero-order valence-electron chi connectivity index (χ0n) is 80.7. The van der Waals surface area contributed by atoms with Crippen molar-refractivity contribution in [1.29, 1.82) is 0 Å². The van der Waals surface area contributed by atoms with Gasteiger partial charge in [0.15, 0.2) is 23.3 Å². The Kier molecular flexibility index (Phi) is 22.2. The molecule has 656 valence electrons. The fraction of sp³-hybridized carbons (Fsp3) is 0. The van der Waals surface area contributed by atoms with Gasteiger partial charge in [0, 0.05) is 117 Å². The maximum absolute atomic E-state index is 8.62. The van der Waals surface area contributed by atoms with E-state index in [0.29, 0.717) is 17.0 Å². The summed E-state index contributed by atoms with van der Waals surface area (Å²) in [7, 11) is 0. The molecule has 0 unspecified atom stereocenters. The van der Waals surface area contributed by atoms with Crippen molar-refractivity contribution in [2.24, 2.45) is 0 Å². The minimum Gasteiger partial charge on any atom is -0.264 e. The second kappa shape index (κ2) is 39.0. The normalized spacial score (nSPS) is 11.6. The van der Waals surface area contributed by atoms with Crippen LogP contribution in [0.25, 0.3) is 244 Å². The lowest BCUT2D eigenvalue weighted by Gasteiger charge is -2.15. The summed E-state index contributed by atoms with van der Waals surface area (Å²) >= 11 is 0. The van der Waals surface area contributed by atoms with Crippen LogP contribution in [0.5, 0.6) is 0 Å². The molecule has 0 spiro atoms. The second-order valence-electron chi connectivity index (χ2n) is 34.0. The number of pyridine rings is 2. The molecular formula is C130H86N10. The van der Waals surface area contributed by atoms with Crippen molar-refractivity contribution in [3.8, 4) is 157 Å². The molecular weight excluding hydrogens is 1700 g/mol. The molecule has 6 aromatic heterocycles. The zero-order valence-corrected chi connectivity index (χ0v) is 75.7. The Morgan fingerprint density at radius 2 is 0.479 bits per heavy atom. The third kappa shape index (κ3) is 17.6. The van der Waals surface area contributed by atoms with Crippen LogP contribution in [-0.4, -0.2) is 49.8 Å². The van der Waals surface area contributed by atoms with Gasteiger partial charge in [-0.3, -0.25) is 9.97 Å². The van der Waals surface area contributed by atoms with Crippen LogP contribution < -0.4 is 0 Å². The van der Waals surface area contributed by atoms with Crippen molar-refractivity contribution < 1.29 is 6.85 Å². The first-order valence-electron chi connectivity index (χ1n) is 49.1. The van der Waals surface area contributed by atoms with Gasteiger partial charge >= 0.3 is 0 Å². The van der Waals surface area contributed by atoms with Crippen LogP contribution in [0.1, 0.15) is 6.85 Å². The van der Waals surface area contributed by atoms with Crippen molar-refractivity contribution >= 4 is 86.7 Å². The molecule has 0 N–H and O–H groups in total. The highest BCUT2D eigenvalue weighted by atomic mass is 14.9. The number of nitrogens with zero attached hydrogens (tertiary/aromatic N) is 10. The Labute approximate surface area is 817 Å². The van der Waals surface area contributed by atoms with Crippen LogP contribution in [0.2, 0.25) is 0 Å². The van der Waals surface area contributed by atoms with Crippen LogP contribution >= 0.6 is 0 Å². The summed E-state index contributed by atoms with van der Waals surface area (Å²) < 4.78 is 41.8. The zero-order chi connectivity index (χ0) is 97.6. The van der Waals surface area contributed by atoms with E-state index in [0.717, 1.165) is 172 Å². The average Bonchev–Trinajstić information content (AvgIpc) is 0.742. The SMILES string of the molecule is [2H]c1c([2H])c([2H])c(-c2nc(-c3ccc(-c4ccccc4)nc3)c3cc(-c4ccccc4)c4ccccc4c3n2)c([2H])c1[2H].c1ccc(-c2cc3c(-c4ccccc4)nc(-c4cccc(-c5cccnc5)c4)nc3c3ccccc23)cc1.c1ccc(-c2ccc(-c3nc(-c4ccccc4)nc4c3ccc3ccccc34)cc2)cc1.c1ccc(-c2cccc(-c3nc(-c4ccccc4)c4ccc5ccccc5c4n3)c2)cc1. The molecule has 0 radical (unpaired) electrons. The molecule has 26 rings (SSSR count). The maximum atomic E-state index is 8.62. The van der Waals surface area contributed by atoms with Gasteiger partial charge in [-0.25, -0.2) is 39.9 Å². The van der Waals surface area contributed by atoms with Crippen molar-refractivity contribution in [1.82, 2.24) is 49.8 Å². The highest BCUT2D eigenvalue weighted by molar-refractivity contribution is 6.18. The molecule has 6 heterocycles. The monoisotopic (exact) mass is 1790 g/mol. The van der Waals surface area contributed by atoms with Crippen molar-refractivity contribution in [3.05, 3.63) is 522 Å². The summed E-state index contributed by atoms with van der Waals surface area (Å²) in [5, 5.41) is 12.7. The molecule has 0 saturated heterocycles. The smallest absolute Gasteiger partial charge is 0.160 e. The Morgan fingerprint density at radius 3 is 0.921 bits per heavy atom. The van der Waals surface area contributed by atoms with Crippen molar-refractivity contribution in [2.45, 2.75) is 0 Å². The number of rotatable bonds is 14. The fourth-order valence-corrected chi connectivity index (χ4v) is 18.5. The maximum Gasteiger partial charge on any atom is 0.160 e. The summed E-state index contributed by atoms with van der Waals surface area (Å²) in [6.07, 6.45) is 5.43. The third-order valence-corrected chi connectivity index (χ3v) is 25.3. The van der Waals surface area contributed by atoms with E-state index in [2.05, 4.69) is 345 Å². The Balaban J connectivity index is 0.000000108. The quantitative estimate of drug-likeness (QED) is 0.0971. The van der Waals surface area contributed by atoms with E-state index < -0.39 is 18.1 Å². The first-order chi connectivity index (χ1) is 71.5. The largest absolute Gasteiger partial charge is 0.264 e. The topological polar surface area (TPSA) is 129 Å². The predicted molar refractivity (Wildman–Crippen MR) is 580 cm³/mol. The molecule has 0 saturated carbocycles. The van der Waals surface area contributed by atoms with Gasteiger partial charge in [0.25, 0.3) is 0 Å². The van der Waals surface area contributed by atoms with Gasteiger partial charge in [0.2, 0.25) is 0 Å². The molecule has 0 aliphatic heterocycles. The molecule has 10 nitrogen and oxygen atoms in total. The number of hydrogen-bond donors (Lipinski definition) is 0. The van der Waals surface area contributed by atoms with Crippen LogP contribution in [0, 0.1) is 0 Å². The van der Waals surface area contributed by atoms with Gasteiger partial charge in [-0.05, 0) is 126 Å². The summed E-state index contributed by atoms with van der Waals surface area (Å²) in [6, 6.07) is 160. The van der Waals surface area contributed by atoms with Gasteiger partial charge in [-0.15, -0.1) is 0 Å². The van der Waals surface area contributed by atoms with Crippen LogP contribution in [0.3, 0.4) is 0 Å². The number of fused-ring (bicyclic) bond motifs is 12. The molecule has 0 aliphatic rings. The molecule has 0 bridgehead atoms. The standard InChI is InChI=1S/2C35H23N3.2C30H20N2/c1-4-12-24(13-5-1)30-22-31-33(27-20-21-32(36-23-27)25-14-6-2-7-15-25)37-35(26-16-8-3-9-17-26)38-34(31)29-19-11-10-18-28(29)30;1-3-11-24(12-4-1)31-22-32-33(25-13-5-2-6-14-25)37-35(38-34(32)30-19-8-7-18-29(30)31)27-16-9-15-26(21-27)28-17-10-20-36-23-28;1-3-10-21(11-4-1)24-15-9-16-25(20-24)30-31-28(23-13-5-2-6-14-23)27-19-18-22-12-7-8-17-26(22)29(27)32-30;1-3-9-21(10-4-1)22-15-17-24(18-16-22)28-27-20-19-23-11-7-8-14-26(23)29(27)32-30(31-28)25-12-5-2-6-13-25/h2*1-23H;2*1-20H/i3D,8D,9D,16D,17D;;;. The van der Waals surface area contributed by atoms with E-state index >= 15 is 0 Å². The molecule has 140 heavy (non-hydrogen) atoms. The van der Waals surface area contributed by atoms with Crippen molar-refractivity contribution in [3.63, 3.8) is 0 Å². The number of hydrogen-bond acceptors (Lipinski definition) is 10. The van der Waals surface area contributed by atoms with E-state index in [1.807, 2.05) is 140 Å². The lowest BCUT2D eigenvalue weighted by Crippen LogP contribution is -1.97. The molecule has 10 heteroatoms. The Morgan fingerprint density at radius 1 is 0.164 bits per heavy atom. The minimum absolute atomic E-state index is 0.0424.